The second-order valence-electron chi connectivity index (χ2n) is 5.16. The maximum absolute atomic E-state index is 5.78. The van der Waals surface area contributed by atoms with E-state index in [2.05, 4.69) is 34.2 Å². The highest BCUT2D eigenvalue weighted by atomic mass is 79.9. The fraction of sp³-hybridized carbons (Fsp3) is 0.500. The van der Waals surface area contributed by atoms with Crippen molar-refractivity contribution in [1.82, 2.24) is 0 Å². The van der Waals surface area contributed by atoms with Crippen LogP contribution in [0.4, 0.5) is 5.69 Å². The number of rotatable bonds is 3. The molecule has 0 atom stereocenters. The van der Waals surface area contributed by atoms with Crippen LogP contribution < -0.4 is 11.1 Å². The lowest BCUT2D eigenvalue weighted by atomic mass is 9.87. The number of nitrogens with one attached hydrogen (secondary N) is 1. The summed E-state index contributed by atoms with van der Waals surface area (Å²) in [6, 6.07) is 6.61. The number of hydrogen-bond acceptors (Lipinski definition) is 2. The molecule has 0 bridgehead atoms. The minimum atomic E-state index is 0.447. The smallest absolute Gasteiger partial charge is 0.106 e. The normalized spacial score (nSPS) is 23.7. The lowest BCUT2D eigenvalue weighted by Crippen LogP contribution is -2.26. The molecule has 0 spiro atoms. The molecule has 0 heterocycles. The number of benzene rings is 1. The van der Waals surface area contributed by atoms with Gasteiger partial charge in [0.15, 0.2) is 0 Å². The van der Waals surface area contributed by atoms with Crippen LogP contribution in [0.15, 0.2) is 22.7 Å². The highest BCUT2D eigenvalue weighted by Crippen LogP contribution is 2.28. The number of halogens is 1. The molecule has 2 nitrogen and oxygen atoms in total. The Labute approximate surface area is 122 Å². The predicted octanol–water partition coefficient (Wildman–Crippen LogP) is 4.07. The summed E-state index contributed by atoms with van der Waals surface area (Å²) < 4.78 is 1.01. The van der Waals surface area contributed by atoms with E-state index < -0.39 is 0 Å². The lowest BCUT2D eigenvalue weighted by Gasteiger charge is -2.28. The van der Waals surface area contributed by atoms with Gasteiger partial charge in [-0.15, -0.1) is 0 Å². The zero-order valence-electron chi connectivity index (χ0n) is 10.6. The molecule has 0 unspecified atom stereocenters. The Bertz CT molecular complexity index is 439. The maximum atomic E-state index is 5.78. The number of thiocarbonyl (C=S) groups is 1. The fourth-order valence-corrected chi connectivity index (χ4v) is 3.00. The first-order chi connectivity index (χ1) is 8.56. The van der Waals surface area contributed by atoms with Gasteiger partial charge in [-0.3, -0.25) is 0 Å². The van der Waals surface area contributed by atoms with E-state index in [9.17, 15) is 0 Å². The minimum Gasteiger partial charge on any atom is -0.389 e. The maximum Gasteiger partial charge on any atom is 0.106 e. The van der Waals surface area contributed by atoms with Crippen LogP contribution in [0.2, 0.25) is 0 Å². The lowest BCUT2D eigenvalue weighted by molar-refractivity contribution is 0.361. The summed E-state index contributed by atoms with van der Waals surface area (Å²) in [7, 11) is 0. The summed E-state index contributed by atoms with van der Waals surface area (Å²) in [4.78, 5) is 0.447. The highest BCUT2D eigenvalue weighted by Gasteiger charge is 2.19. The largest absolute Gasteiger partial charge is 0.389 e. The van der Waals surface area contributed by atoms with E-state index in [-0.39, 0.29) is 0 Å². The van der Waals surface area contributed by atoms with Crippen molar-refractivity contribution in [3.05, 3.63) is 28.2 Å². The van der Waals surface area contributed by atoms with Crippen molar-refractivity contribution < 1.29 is 0 Å². The zero-order chi connectivity index (χ0) is 13.1. The van der Waals surface area contributed by atoms with Gasteiger partial charge in [0.1, 0.15) is 4.99 Å². The molecule has 1 aliphatic carbocycles. The predicted molar refractivity (Wildman–Crippen MR) is 85.1 cm³/mol. The van der Waals surface area contributed by atoms with Gasteiger partial charge in [-0.25, -0.2) is 0 Å². The van der Waals surface area contributed by atoms with E-state index in [0.29, 0.717) is 11.0 Å². The molecule has 3 N–H and O–H groups in total. The summed E-state index contributed by atoms with van der Waals surface area (Å²) in [5, 5.41) is 3.59. The summed E-state index contributed by atoms with van der Waals surface area (Å²) in [6.07, 6.45) is 5.06. The minimum absolute atomic E-state index is 0.447. The molecule has 0 radical (unpaired) electrons. The highest BCUT2D eigenvalue weighted by molar-refractivity contribution is 9.10. The SMILES string of the molecule is CC1CCC(Nc2ccc(Br)cc2C(N)=S)CC1. The molecule has 1 saturated carbocycles. The monoisotopic (exact) mass is 326 g/mol. The summed E-state index contributed by atoms with van der Waals surface area (Å²) >= 11 is 8.57. The van der Waals surface area contributed by atoms with E-state index in [1.807, 2.05) is 12.1 Å². The van der Waals surface area contributed by atoms with Gasteiger partial charge in [-0.1, -0.05) is 35.1 Å². The Morgan fingerprint density at radius 2 is 2.00 bits per heavy atom. The third kappa shape index (κ3) is 3.45. The van der Waals surface area contributed by atoms with Gasteiger partial charge < -0.3 is 11.1 Å². The number of nitrogens with two attached hydrogens (primary N) is 1. The Hall–Kier alpha value is -0.610. The van der Waals surface area contributed by atoms with Crippen LogP contribution in [0.25, 0.3) is 0 Å². The molecular formula is C14H19BrN2S. The topological polar surface area (TPSA) is 38.0 Å². The van der Waals surface area contributed by atoms with E-state index in [1.165, 1.54) is 25.7 Å². The molecule has 1 aromatic rings. The van der Waals surface area contributed by atoms with Crippen LogP contribution in [-0.2, 0) is 0 Å². The van der Waals surface area contributed by atoms with Crippen molar-refractivity contribution in [2.75, 3.05) is 5.32 Å². The van der Waals surface area contributed by atoms with Crippen molar-refractivity contribution >= 4 is 38.8 Å². The molecule has 0 aliphatic heterocycles. The summed E-state index contributed by atoms with van der Waals surface area (Å²) in [5.74, 6) is 0.864. The van der Waals surface area contributed by atoms with Gasteiger partial charge in [0.25, 0.3) is 0 Å². The summed E-state index contributed by atoms with van der Waals surface area (Å²) in [6.45, 7) is 2.33. The van der Waals surface area contributed by atoms with Gasteiger partial charge in [0.05, 0.1) is 0 Å². The standard InChI is InChI=1S/C14H19BrN2S/c1-9-2-5-11(6-3-9)17-13-7-4-10(15)8-12(13)14(16)18/h4,7-9,11,17H,2-3,5-6H2,1H3,(H2,16,18). The average Bonchev–Trinajstić information content (AvgIpc) is 2.34. The number of hydrogen-bond donors (Lipinski definition) is 2. The molecule has 4 heteroatoms. The Morgan fingerprint density at radius 1 is 1.33 bits per heavy atom. The van der Waals surface area contributed by atoms with Gasteiger partial charge in [-0.2, -0.15) is 0 Å². The first-order valence-corrected chi connectivity index (χ1v) is 7.62. The molecule has 2 rings (SSSR count). The van der Waals surface area contributed by atoms with Crippen molar-refractivity contribution in [3.63, 3.8) is 0 Å². The quantitative estimate of drug-likeness (QED) is 0.822. The van der Waals surface area contributed by atoms with Crippen molar-refractivity contribution in [3.8, 4) is 0 Å². The van der Waals surface area contributed by atoms with Gasteiger partial charge in [-0.05, 0) is 49.8 Å². The van der Waals surface area contributed by atoms with Crippen LogP contribution in [0.1, 0.15) is 38.2 Å². The Balaban J connectivity index is 2.11. The second-order valence-corrected chi connectivity index (χ2v) is 6.51. The van der Waals surface area contributed by atoms with E-state index in [0.717, 1.165) is 21.6 Å². The van der Waals surface area contributed by atoms with Crippen molar-refractivity contribution in [2.24, 2.45) is 11.7 Å². The van der Waals surface area contributed by atoms with Gasteiger partial charge in [0, 0.05) is 21.8 Å². The molecular weight excluding hydrogens is 308 g/mol. The Morgan fingerprint density at radius 3 is 2.61 bits per heavy atom. The molecule has 0 saturated heterocycles. The van der Waals surface area contributed by atoms with Crippen molar-refractivity contribution in [1.29, 1.82) is 0 Å². The molecule has 18 heavy (non-hydrogen) atoms. The van der Waals surface area contributed by atoms with E-state index in [4.69, 9.17) is 18.0 Å². The van der Waals surface area contributed by atoms with Crippen LogP contribution in [0, 0.1) is 5.92 Å². The molecule has 1 fully saturated rings. The van der Waals surface area contributed by atoms with Gasteiger partial charge in [0.2, 0.25) is 0 Å². The average molecular weight is 327 g/mol. The molecule has 1 aliphatic rings. The molecule has 0 amide bonds. The van der Waals surface area contributed by atoms with Crippen molar-refractivity contribution in [2.45, 2.75) is 38.6 Å². The van der Waals surface area contributed by atoms with Crippen LogP contribution in [-0.4, -0.2) is 11.0 Å². The second kappa shape index (κ2) is 6.02. The van der Waals surface area contributed by atoms with Gasteiger partial charge >= 0.3 is 0 Å². The Kier molecular flexibility index (Phi) is 4.62. The number of anilines is 1. The summed E-state index contributed by atoms with van der Waals surface area (Å²) in [5.41, 5.74) is 7.77. The molecule has 1 aromatic carbocycles. The molecule has 0 aromatic heterocycles. The third-order valence-corrected chi connectivity index (χ3v) is 4.34. The van der Waals surface area contributed by atoms with Crippen LogP contribution in [0.3, 0.4) is 0 Å². The first kappa shape index (κ1) is 13.8. The third-order valence-electron chi connectivity index (χ3n) is 3.62. The first-order valence-electron chi connectivity index (χ1n) is 6.42. The van der Waals surface area contributed by atoms with Crippen LogP contribution in [0.5, 0.6) is 0 Å². The fourth-order valence-electron chi connectivity index (χ4n) is 2.47. The van der Waals surface area contributed by atoms with E-state index in [1.54, 1.807) is 0 Å². The molecule has 98 valence electrons. The van der Waals surface area contributed by atoms with E-state index >= 15 is 0 Å². The zero-order valence-corrected chi connectivity index (χ0v) is 13.0. The van der Waals surface area contributed by atoms with Crippen LogP contribution >= 0.6 is 28.1 Å².